The van der Waals surface area contributed by atoms with Gasteiger partial charge in [0.25, 0.3) is 0 Å². The van der Waals surface area contributed by atoms with Crippen LogP contribution < -0.4 is 0 Å². The minimum absolute atomic E-state index is 0.508. The molecule has 1 heterocycles. The largest absolute Gasteiger partial charge is 0.389 e. The number of aliphatic hydroxyl groups is 1. The van der Waals surface area contributed by atoms with Crippen LogP contribution >= 0.6 is 0 Å². The van der Waals surface area contributed by atoms with Crippen LogP contribution in [0.15, 0.2) is 4.52 Å². The van der Waals surface area contributed by atoms with Gasteiger partial charge in [0.15, 0.2) is 5.82 Å². The summed E-state index contributed by atoms with van der Waals surface area (Å²) in [7, 11) is 1.98. The van der Waals surface area contributed by atoms with Gasteiger partial charge < -0.3 is 9.63 Å². The fourth-order valence-corrected chi connectivity index (χ4v) is 2.49. The van der Waals surface area contributed by atoms with Crippen LogP contribution in [0.25, 0.3) is 0 Å². The molecular formula is C12H21N3O2. The zero-order chi connectivity index (χ0) is 12.3. The standard InChI is InChI=1S/C12H21N3O2/c1-3-11-13-10(14-17-11)8-15(2)9-12(16)6-4-5-7-12/h16H,3-9H2,1-2H3. The van der Waals surface area contributed by atoms with Crippen molar-refractivity contribution in [2.24, 2.45) is 0 Å². The average molecular weight is 239 g/mol. The maximum atomic E-state index is 10.3. The summed E-state index contributed by atoms with van der Waals surface area (Å²) >= 11 is 0. The molecule has 1 aliphatic carbocycles. The van der Waals surface area contributed by atoms with E-state index in [0.29, 0.717) is 24.8 Å². The first kappa shape index (κ1) is 12.5. The van der Waals surface area contributed by atoms with Crippen LogP contribution in [0.3, 0.4) is 0 Å². The molecule has 0 spiro atoms. The fourth-order valence-electron chi connectivity index (χ4n) is 2.49. The Morgan fingerprint density at radius 3 is 2.71 bits per heavy atom. The SMILES string of the molecule is CCc1nc(CN(C)CC2(O)CCCC2)no1. The van der Waals surface area contributed by atoms with Gasteiger partial charge in [-0.2, -0.15) is 4.98 Å². The number of rotatable bonds is 5. The fraction of sp³-hybridized carbons (Fsp3) is 0.833. The number of nitrogens with zero attached hydrogens (tertiary/aromatic N) is 3. The van der Waals surface area contributed by atoms with E-state index in [2.05, 4.69) is 15.0 Å². The Bertz CT molecular complexity index is 358. The van der Waals surface area contributed by atoms with E-state index in [9.17, 15) is 5.11 Å². The van der Waals surface area contributed by atoms with Gasteiger partial charge in [0.05, 0.1) is 12.1 Å². The molecule has 0 aromatic carbocycles. The number of likely N-dealkylation sites (N-methyl/N-ethyl adjacent to an activating group) is 1. The van der Waals surface area contributed by atoms with Crippen molar-refractivity contribution < 1.29 is 9.63 Å². The lowest BCUT2D eigenvalue weighted by Crippen LogP contribution is -2.38. The lowest BCUT2D eigenvalue weighted by Gasteiger charge is -2.27. The summed E-state index contributed by atoms with van der Waals surface area (Å²) in [6, 6.07) is 0. The number of aryl methyl sites for hydroxylation is 1. The van der Waals surface area contributed by atoms with Gasteiger partial charge in [-0.1, -0.05) is 24.9 Å². The summed E-state index contributed by atoms with van der Waals surface area (Å²) in [6.07, 6.45) is 4.84. The van der Waals surface area contributed by atoms with E-state index in [1.54, 1.807) is 0 Å². The second-order valence-electron chi connectivity index (χ2n) is 5.06. The molecule has 1 aromatic heterocycles. The van der Waals surface area contributed by atoms with E-state index in [-0.39, 0.29) is 0 Å². The molecule has 0 aliphatic heterocycles. The Balaban J connectivity index is 1.86. The maximum absolute atomic E-state index is 10.3. The highest BCUT2D eigenvalue weighted by atomic mass is 16.5. The lowest BCUT2D eigenvalue weighted by molar-refractivity contribution is 0.0138. The molecule has 5 heteroatoms. The monoisotopic (exact) mass is 239 g/mol. The van der Waals surface area contributed by atoms with Crippen LogP contribution in [0, 0.1) is 0 Å². The van der Waals surface area contributed by atoms with Crippen LogP contribution in [-0.2, 0) is 13.0 Å². The van der Waals surface area contributed by atoms with Crippen molar-refractivity contribution in [3.05, 3.63) is 11.7 Å². The molecular weight excluding hydrogens is 218 g/mol. The van der Waals surface area contributed by atoms with Crippen LogP contribution in [0.2, 0.25) is 0 Å². The molecule has 0 atom stereocenters. The quantitative estimate of drug-likeness (QED) is 0.840. The molecule has 96 valence electrons. The van der Waals surface area contributed by atoms with E-state index < -0.39 is 5.60 Å². The first-order chi connectivity index (χ1) is 8.11. The molecule has 0 saturated heterocycles. The van der Waals surface area contributed by atoms with Crippen LogP contribution in [0.5, 0.6) is 0 Å². The molecule has 0 radical (unpaired) electrons. The minimum atomic E-state index is -0.508. The summed E-state index contributed by atoms with van der Waals surface area (Å²) < 4.78 is 5.06. The number of hydrogen-bond donors (Lipinski definition) is 1. The highest BCUT2D eigenvalue weighted by Crippen LogP contribution is 2.30. The summed E-state index contributed by atoms with van der Waals surface area (Å²) in [5.74, 6) is 1.37. The Morgan fingerprint density at radius 1 is 1.41 bits per heavy atom. The minimum Gasteiger partial charge on any atom is -0.389 e. The summed E-state index contributed by atoms with van der Waals surface area (Å²) in [6.45, 7) is 3.30. The summed E-state index contributed by atoms with van der Waals surface area (Å²) in [5, 5.41) is 14.2. The molecule has 0 bridgehead atoms. The van der Waals surface area contributed by atoms with Crippen molar-refractivity contribution in [2.75, 3.05) is 13.6 Å². The Morgan fingerprint density at radius 2 is 2.12 bits per heavy atom. The van der Waals surface area contributed by atoms with Crippen molar-refractivity contribution in [1.29, 1.82) is 0 Å². The second-order valence-corrected chi connectivity index (χ2v) is 5.06. The van der Waals surface area contributed by atoms with E-state index in [4.69, 9.17) is 4.52 Å². The highest BCUT2D eigenvalue weighted by molar-refractivity contribution is 4.90. The average Bonchev–Trinajstić information content (AvgIpc) is 2.87. The molecule has 1 fully saturated rings. The molecule has 2 rings (SSSR count). The molecule has 1 aromatic rings. The zero-order valence-corrected chi connectivity index (χ0v) is 10.6. The van der Waals surface area contributed by atoms with Crippen molar-refractivity contribution >= 4 is 0 Å². The van der Waals surface area contributed by atoms with Crippen LogP contribution in [0.4, 0.5) is 0 Å². The van der Waals surface area contributed by atoms with Crippen LogP contribution in [-0.4, -0.2) is 39.3 Å². The van der Waals surface area contributed by atoms with E-state index in [1.165, 1.54) is 0 Å². The first-order valence-corrected chi connectivity index (χ1v) is 6.34. The molecule has 1 aliphatic rings. The van der Waals surface area contributed by atoms with Crippen LogP contribution in [0.1, 0.15) is 44.3 Å². The van der Waals surface area contributed by atoms with Crippen molar-refractivity contribution in [2.45, 2.75) is 51.2 Å². The predicted molar refractivity (Wildman–Crippen MR) is 63.4 cm³/mol. The lowest BCUT2D eigenvalue weighted by atomic mass is 10.0. The molecule has 0 unspecified atom stereocenters. The molecule has 17 heavy (non-hydrogen) atoms. The second kappa shape index (κ2) is 5.14. The summed E-state index contributed by atoms with van der Waals surface area (Å²) in [5.41, 5.74) is -0.508. The van der Waals surface area contributed by atoms with Gasteiger partial charge in [-0.05, 0) is 19.9 Å². The molecule has 5 nitrogen and oxygen atoms in total. The van der Waals surface area contributed by atoms with Gasteiger partial charge in [0.1, 0.15) is 0 Å². The number of aromatic nitrogens is 2. The van der Waals surface area contributed by atoms with E-state index in [0.717, 1.165) is 32.1 Å². The predicted octanol–water partition coefficient (Wildman–Crippen LogP) is 1.37. The maximum Gasteiger partial charge on any atom is 0.226 e. The van der Waals surface area contributed by atoms with Crippen molar-refractivity contribution in [3.63, 3.8) is 0 Å². The number of hydrogen-bond acceptors (Lipinski definition) is 5. The van der Waals surface area contributed by atoms with E-state index in [1.807, 2.05) is 14.0 Å². The van der Waals surface area contributed by atoms with Gasteiger partial charge in [-0.25, -0.2) is 0 Å². The van der Waals surface area contributed by atoms with Gasteiger partial charge in [-0.15, -0.1) is 0 Å². The third kappa shape index (κ3) is 3.26. The normalized spacial score (nSPS) is 19.1. The van der Waals surface area contributed by atoms with Gasteiger partial charge in [-0.3, -0.25) is 4.90 Å². The molecule has 1 N–H and O–H groups in total. The van der Waals surface area contributed by atoms with Crippen molar-refractivity contribution in [1.82, 2.24) is 15.0 Å². The van der Waals surface area contributed by atoms with Gasteiger partial charge in [0.2, 0.25) is 5.89 Å². The Hall–Kier alpha value is -0.940. The Labute approximate surface area is 102 Å². The summed E-state index contributed by atoms with van der Waals surface area (Å²) in [4.78, 5) is 6.33. The topological polar surface area (TPSA) is 62.4 Å². The van der Waals surface area contributed by atoms with Gasteiger partial charge >= 0.3 is 0 Å². The Kier molecular flexibility index (Phi) is 3.79. The molecule has 1 saturated carbocycles. The van der Waals surface area contributed by atoms with Gasteiger partial charge in [0, 0.05) is 13.0 Å². The molecule has 0 amide bonds. The smallest absolute Gasteiger partial charge is 0.226 e. The van der Waals surface area contributed by atoms with Crippen molar-refractivity contribution in [3.8, 4) is 0 Å². The van der Waals surface area contributed by atoms with E-state index >= 15 is 0 Å². The third-order valence-corrected chi connectivity index (χ3v) is 3.32. The third-order valence-electron chi connectivity index (χ3n) is 3.32. The first-order valence-electron chi connectivity index (χ1n) is 6.34. The highest BCUT2D eigenvalue weighted by Gasteiger charge is 2.32. The zero-order valence-electron chi connectivity index (χ0n) is 10.6.